The van der Waals surface area contributed by atoms with Crippen molar-refractivity contribution in [2.75, 3.05) is 32.8 Å². The van der Waals surface area contributed by atoms with Gasteiger partial charge in [0, 0.05) is 13.1 Å². The number of rotatable bonds is 12. The number of ether oxygens (including phenoxy) is 1. The molecule has 0 radical (unpaired) electrons. The van der Waals surface area contributed by atoms with Gasteiger partial charge in [-0.2, -0.15) is 0 Å². The molecule has 0 aromatic rings. The lowest BCUT2D eigenvalue weighted by Gasteiger charge is -2.21. The number of hydrogen-bond donors (Lipinski definition) is 1. The Bertz CT molecular complexity index is 218. The predicted octanol–water partition coefficient (Wildman–Crippen LogP) is 2.43. The fourth-order valence-electron chi connectivity index (χ4n) is 2.08. The first kappa shape index (κ1) is 18.4. The Morgan fingerprint density at radius 2 is 1.84 bits per heavy atom. The van der Waals surface area contributed by atoms with Gasteiger partial charge in [0.05, 0.1) is 6.61 Å². The highest BCUT2D eigenvalue weighted by Crippen LogP contribution is 2.05. The maximum absolute atomic E-state index is 11.9. The Morgan fingerprint density at radius 3 is 2.37 bits per heavy atom. The number of carbonyl (C=O) groups excluding carboxylic acids is 1. The number of carbonyl (C=O) groups is 1. The van der Waals surface area contributed by atoms with Crippen molar-refractivity contribution < 1.29 is 9.53 Å². The Labute approximate surface area is 118 Å². The minimum atomic E-state index is -0.137. The summed E-state index contributed by atoms with van der Waals surface area (Å²) in [7, 11) is 0. The third kappa shape index (κ3) is 9.00. The third-order valence-electron chi connectivity index (χ3n) is 3.38. The molecule has 0 aromatic heterocycles. The molecule has 0 aliphatic rings. The van der Waals surface area contributed by atoms with Gasteiger partial charge in [0.2, 0.25) is 0 Å². The first-order valence-electron chi connectivity index (χ1n) is 7.81. The van der Waals surface area contributed by atoms with E-state index in [-0.39, 0.29) is 12.0 Å². The lowest BCUT2D eigenvalue weighted by Crippen LogP contribution is -2.42. The van der Waals surface area contributed by atoms with Crippen molar-refractivity contribution in [2.45, 2.75) is 59.4 Å². The van der Waals surface area contributed by atoms with E-state index >= 15 is 0 Å². The molecular weight excluding hydrogens is 240 g/mol. The molecule has 1 unspecified atom stereocenters. The van der Waals surface area contributed by atoms with Crippen LogP contribution in [0.1, 0.15) is 53.4 Å². The van der Waals surface area contributed by atoms with Crippen molar-refractivity contribution >= 4 is 5.97 Å². The number of esters is 1. The molecule has 19 heavy (non-hydrogen) atoms. The number of nitrogens with one attached hydrogen (secondary N) is 1. The van der Waals surface area contributed by atoms with E-state index in [0.717, 1.165) is 39.0 Å². The molecule has 0 rings (SSSR count). The molecule has 0 spiro atoms. The molecule has 0 aromatic carbocycles. The van der Waals surface area contributed by atoms with Gasteiger partial charge in [0.1, 0.15) is 6.04 Å². The Balaban J connectivity index is 4.06. The van der Waals surface area contributed by atoms with Crippen LogP contribution in [0.3, 0.4) is 0 Å². The number of likely N-dealkylation sites (N-methyl/N-ethyl adjacent to an activating group) is 1. The van der Waals surface area contributed by atoms with E-state index in [4.69, 9.17) is 4.74 Å². The average molecular weight is 272 g/mol. The predicted molar refractivity (Wildman–Crippen MR) is 80.4 cm³/mol. The second-order valence-electron chi connectivity index (χ2n) is 4.78. The molecule has 0 heterocycles. The van der Waals surface area contributed by atoms with Crippen LogP contribution in [-0.4, -0.2) is 49.7 Å². The number of hydrogen-bond acceptors (Lipinski definition) is 4. The molecule has 0 amide bonds. The number of nitrogens with zero attached hydrogens (tertiary/aromatic N) is 1. The van der Waals surface area contributed by atoms with E-state index in [1.54, 1.807) is 0 Å². The van der Waals surface area contributed by atoms with E-state index in [2.05, 4.69) is 31.0 Å². The summed E-state index contributed by atoms with van der Waals surface area (Å²) in [5.41, 5.74) is 0. The fourth-order valence-corrected chi connectivity index (χ4v) is 2.08. The van der Waals surface area contributed by atoms with Crippen LogP contribution in [0.5, 0.6) is 0 Å². The van der Waals surface area contributed by atoms with Crippen molar-refractivity contribution in [3.63, 3.8) is 0 Å². The molecule has 0 bridgehead atoms. The van der Waals surface area contributed by atoms with Gasteiger partial charge in [-0.15, -0.1) is 0 Å². The molecule has 114 valence electrons. The topological polar surface area (TPSA) is 41.6 Å². The van der Waals surface area contributed by atoms with E-state index in [1.807, 2.05) is 6.92 Å². The Kier molecular flexibility index (Phi) is 12.0. The van der Waals surface area contributed by atoms with Crippen LogP contribution >= 0.6 is 0 Å². The summed E-state index contributed by atoms with van der Waals surface area (Å²) in [5, 5.41) is 3.35. The molecule has 0 aliphatic heterocycles. The van der Waals surface area contributed by atoms with Crippen molar-refractivity contribution in [3.05, 3.63) is 0 Å². The van der Waals surface area contributed by atoms with Crippen molar-refractivity contribution in [3.8, 4) is 0 Å². The van der Waals surface area contributed by atoms with Crippen LogP contribution in [-0.2, 0) is 9.53 Å². The average Bonchev–Trinajstić information content (AvgIpc) is 2.42. The second kappa shape index (κ2) is 12.4. The van der Waals surface area contributed by atoms with Crippen molar-refractivity contribution in [1.82, 2.24) is 10.2 Å². The minimum absolute atomic E-state index is 0.0989. The Morgan fingerprint density at radius 1 is 1.16 bits per heavy atom. The van der Waals surface area contributed by atoms with Gasteiger partial charge in [-0.25, -0.2) is 0 Å². The van der Waals surface area contributed by atoms with Crippen LogP contribution in [0.4, 0.5) is 0 Å². The van der Waals surface area contributed by atoms with E-state index in [9.17, 15) is 4.79 Å². The number of unbranched alkanes of at least 4 members (excludes halogenated alkanes) is 2. The maximum atomic E-state index is 11.9. The van der Waals surface area contributed by atoms with E-state index in [1.165, 1.54) is 12.8 Å². The lowest BCUT2D eigenvalue weighted by molar-refractivity contribution is -0.145. The molecule has 0 aliphatic carbocycles. The summed E-state index contributed by atoms with van der Waals surface area (Å²) < 4.78 is 5.13. The van der Waals surface area contributed by atoms with Crippen molar-refractivity contribution in [1.29, 1.82) is 0 Å². The van der Waals surface area contributed by atoms with Gasteiger partial charge in [-0.05, 0) is 26.4 Å². The highest BCUT2D eigenvalue weighted by molar-refractivity contribution is 5.75. The fraction of sp³-hybridized carbons (Fsp3) is 0.933. The van der Waals surface area contributed by atoms with Crippen LogP contribution in [0, 0.1) is 0 Å². The molecule has 1 N–H and O–H groups in total. The zero-order valence-electron chi connectivity index (χ0n) is 13.2. The summed E-state index contributed by atoms with van der Waals surface area (Å²) in [6.07, 6.45) is 4.31. The summed E-state index contributed by atoms with van der Waals surface area (Å²) in [6.45, 7) is 12.7. The molecule has 0 saturated heterocycles. The summed E-state index contributed by atoms with van der Waals surface area (Å²) in [6, 6.07) is -0.137. The smallest absolute Gasteiger partial charge is 0.323 e. The SMILES string of the molecule is CCCCCC(NCCN(CC)CC)C(=O)OCC. The molecule has 4 nitrogen and oxygen atoms in total. The summed E-state index contributed by atoms with van der Waals surface area (Å²) in [4.78, 5) is 14.2. The van der Waals surface area contributed by atoms with Gasteiger partial charge in [0.15, 0.2) is 0 Å². The molecule has 0 saturated carbocycles. The van der Waals surface area contributed by atoms with Gasteiger partial charge >= 0.3 is 5.97 Å². The molecule has 1 atom stereocenters. The molecule has 4 heteroatoms. The third-order valence-corrected chi connectivity index (χ3v) is 3.38. The lowest BCUT2D eigenvalue weighted by atomic mass is 10.1. The van der Waals surface area contributed by atoms with E-state index < -0.39 is 0 Å². The van der Waals surface area contributed by atoms with Gasteiger partial charge < -0.3 is 15.0 Å². The normalized spacial score (nSPS) is 12.7. The van der Waals surface area contributed by atoms with Gasteiger partial charge in [-0.3, -0.25) is 4.79 Å². The van der Waals surface area contributed by atoms with Crippen LogP contribution in [0.15, 0.2) is 0 Å². The van der Waals surface area contributed by atoms with Crippen molar-refractivity contribution in [2.24, 2.45) is 0 Å². The van der Waals surface area contributed by atoms with Crippen LogP contribution < -0.4 is 5.32 Å². The Hall–Kier alpha value is -0.610. The molecule has 0 fully saturated rings. The quantitative estimate of drug-likeness (QED) is 0.438. The van der Waals surface area contributed by atoms with E-state index in [0.29, 0.717) is 6.61 Å². The first-order valence-corrected chi connectivity index (χ1v) is 7.81. The molecular formula is C15H32N2O2. The standard InChI is InChI=1S/C15H32N2O2/c1-5-9-10-11-14(15(18)19-8-4)16-12-13-17(6-2)7-3/h14,16H,5-13H2,1-4H3. The highest BCUT2D eigenvalue weighted by atomic mass is 16.5. The van der Waals surface area contributed by atoms with Crippen LogP contribution in [0.25, 0.3) is 0 Å². The summed E-state index contributed by atoms with van der Waals surface area (Å²) in [5.74, 6) is -0.0989. The zero-order chi connectivity index (χ0) is 14.5. The maximum Gasteiger partial charge on any atom is 0.323 e. The largest absolute Gasteiger partial charge is 0.465 e. The zero-order valence-corrected chi connectivity index (χ0v) is 13.2. The van der Waals surface area contributed by atoms with Gasteiger partial charge in [-0.1, -0.05) is 40.0 Å². The first-order chi connectivity index (χ1) is 9.19. The van der Waals surface area contributed by atoms with Crippen LogP contribution in [0.2, 0.25) is 0 Å². The monoisotopic (exact) mass is 272 g/mol. The second-order valence-corrected chi connectivity index (χ2v) is 4.78. The minimum Gasteiger partial charge on any atom is -0.465 e. The summed E-state index contributed by atoms with van der Waals surface area (Å²) >= 11 is 0. The van der Waals surface area contributed by atoms with Gasteiger partial charge in [0.25, 0.3) is 0 Å². The highest BCUT2D eigenvalue weighted by Gasteiger charge is 2.18.